The van der Waals surface area contributed by atoms with Gasteiger partial charge in [-0.3, -0.25) is 9.48 Å². The monoisotopic (exact) mass is 295 g/mol. The number of hydrogen-bond donors (Lipinski definition) is 1. The molecule has 0 saturated carbocycles. The highest BCUT2D eigenvalue weighted by Gasteiger charge is 2.31. The number of nitrogens with two attached hydrogens (primary N) is 1. The van der Waals surface area contributed by atoms with E-state index in [1.807, 2.05) is 12.1 Å². The Morgan fingerprint density at radius 1 is 1.27 bits per heavy atom. The lowest BCUT2D eigenvalue weighted by atomic mass is 10.1. The quantitative estimate of drug-likeness (QED) is 0.749. The normalized spacial score (nSPS) is 15.0. The molecular formula is C14H13N7O. The first-order chi connectivity index (χ1) is 10.7. The third kappa shape index (κ3) is 1.96. The summed E-state index contributed by atoms with van der Waals surface area (Å²) in [7, 11) is 0. The van der Waals surface area contributed by atoms with E-state index in [0.29, 0.717) is 11.2 Å². The molecule has 110 valence electrons. The van der Waals surface area contributed by atoms with Crippen LogP contribution in [0.3, 0.4) is 0 Å². The Kier molecular flexibility index (Phi) is 2.75. The second-order valence-corrected chi connectivity index (χ2v) is 5.20. The van der Waals surface area contributed by atoms with Crippen LogP contribution in [0.1, 0.15) is 16.4 Å². The molecule has 4 rings (SSSR count). The van der Waals surface area contributed by atoms with Crippen molar-refractivity contribution in [1.82, 2.24) is 24.7 Å². The third-order valence-electron chi connectivity index (χ3n) is 3.81. The van der Waals surface area contributed by atoms with E-state index in [4.69, 9.17) is 5.73 Å². The summed E-state index contributed by atoms with van der Waals surface area (Å²) < 4.78 is 1.78. The number of pyridine rings is 1. The fourth-order valence-corrected chi connectivity index (χ4v) is 2.59. The lowest BCUT2D eigenvalue weighted by Gasteiger charge is -2.40. The molecule has 1 aliphatic heterocycles. The van der Waals surface area contributed by atoms with Gasteiger partial charge in [0.1, 0.15) is 12.1 Å². The number of nitrogens with zero attached hydrogens (tertiary/aromatic N) is 6. The number of anilines is 1. The van der Waals surface area contributed by atoms with Crippen LogP contribution in [0.2, 0.25) is 0 Å². The van der Waals surface area contributed by atoms with Gasteiger partial charge in [-0.2, -0.15) is 5.10 Å². The molecule has 1 fully saturated rings. The molecule has 8 heteroatoms. The van der Waals surface area contributed by atoms with E-state index < -0.39 is 5.91 Å². The molecule has 1 aliphatic rings. The van der Waals surface area contributed by atoms with E-state index in [-0.39, 0.29) is 6.04 Å². The molecule has 3 aromatic rings. The van der Waals surface area contributed by atoms with Crippen LogP contribution in [0.25, 0.3) is 11.0 Å². The van der Waals surface area contributed by atoms with E-state index in [1.54, 1.807) is 17.1 Å². The average molecular weight is 295 g/mol. The van der Waals surface area contributed by atoms with Crippen molar-refractivity contribution in [2.75, 3.05) is 18.0 Å². The van der Waals surface area contributed by atoms with E-state index in [1.165, 1.54) is 12.5 Å². The number of fused-ring (bicyclic) bond motifs is 1. The van der Waals surface area contributed by atoms with Crippen LogP contribution >= 0.6 is 0 Å². The molecule has 0 unspecified atom stereocenters. The Morgan fingerprint density at radius 2 is 2.14 bits per heavy atom. The number of primary amides is 1. The molecule has 4 heterocycles. The van der Waals surface area contributed by atoms with Gasteiger partial charge in [0.25, 0.3) is 5.91 Å². The molecule has 1 saturated heterocycles. The van der Waals surface area contributed by atoms with Gasteiger partial charge in [-0.05, 0) is 12.1 Å². The molecule has 8 nitrogen and oxygen atoms in total. The average Bonchev–Trinajstić information content (AvgIpc) is 2.96. The van der Waals surface area contributed by atoms with Crippen LogP contribution < -0.4 is 10.6 Å². The van der Waals surface area contributed by atoms with Gasteiger partial charge in [0.05, 0.1) is 23.2 Å². The predicted molar refractivity (Wildman–Crippen MR) is 79.3 cm³/mol. The Morgan fingerprint density at radius 3 is 2.91 bits per heavy atom. The molecule has 0 bridgehead atoms. The molecule has 3 aromatic heterocycles. The van der Waals surface area contributed by atoms with Crippen molar-refractivity contribution in [3.63, 3.8) is 0 Å². The highest BCUT2D eigenvalue weighted by molar-refractivity contribution is 5.92. The number of aromatic nitrogens is 5. The maximum atomic E-state index is 11.1. The van der Waals surface area contributed by atoms with Crippen LogP contribution in [-0.2, 0) is 0 Å². The number of carbonyl (C=O) groups excluding carboxylic acids is 1. The summed E-state index contributed by atoms with van der Waals surface area (Å²) in [6.07, 6.45) is 6.42. The number of carbonyl (C=O) groups is 1. The molecule has 0 atom stereocenters. The largest absolute Gasteiger partial charge is 0.366 e. The van der Waals surface area contributed by atoms with Crippen LogP contribution in [0.4, 0.5) is 5.82 Å². The molecule has 22 heavy (non-hydrogen) atoms. The first-order valence-electron chi connectivity index (χ1n) is 6.87. The number of amides is 1. The summed E-state index contributed by atoms with van der Waals surface area (Å²) in [5.74, 6) is 0.409. The second-order valence-electron chi connectivity index (χ2n) is 5.20. The van der Waals surface area contributed by atoms with Gasteiger partial charge in [0.15, 0.2) is 5.65 Å². The van der Waals surface area contributed by atoms with E-state index in [0.717, 1.165) is 24.3 Å². The van der Waals surface area contributed by atoms with E-state index in [9.17, 15) is 4.79 Å². The maximum Gasteiger partial charge on any atom is 0.251 e. The van der Waals surface area contributed by atoms with Gasteiger partial charge in [-0.1, -0.05) is 0 Å². The van der Waals surface area contributed by atoms with Gasteiger partial charge in [-0.15, -0.1) is 0 Å². The summed E-state index contributed by atoms with van der Waals surface area (Å²) in [6.45, 7) is 1.53. The summed E-state index contributed by atoms with van der Waals surface area (Å²) in [5.41, 5.74) is 6.35. The molecule has 1 amide bonds. The topological polar surface area (TPSA) is 103 Å². The van der Waals surface area contributed by atoms with Crippen LogP contribution in [0.15, 0.2) is 37.1 Å². The van der Waals surface area contributed by atoms with Crippen molar-refractivity contribution >= 4 is 22.8 Å². The zero-order valence-electron chi connectivity index (χ0n) is 11.6. The summed E-state index contributed by atoms with van der Waals surface area (Å²) >= 11 is 0. The second kappa shape index (κ2) is 4.76. The lowest BCUT2D eigenvalue weighted by Crippen LogP contribution is -2.48. The molecular weight excluding hydrogens is 282 g/mol. The van der Waals surface area contributed by atoms with E-state index in [2.05, 4.69) is 25.0 Å². The standard InChI is InChI=1S/C14H13N7O/c15-12(22)9-4-19-21(5-9)10-6-20(7-10)14-11-2-1-3-16-13(11)17-8-18-14/h1-5,8,10H,6-7H2,(H2,15,22). The first-order valence-corrected chi connectivity index (χ1v) is 6.87. The highest BCUT2D eigenvalue weighted by Crippen LogP contribution is 2.30. The fraction of sp³-hybridized carbons (Fsp3) is 0.214. The van der Waals surface area contributed by atoms with Gasteiger partial charge in [0, 0.05) is 25.5 Å². The smallest absolute Gasteiger partial charge is 0.251 e. The van der Waals surface area contributed by atoms with Gasteiger partial charge < -0.3 is 10.6 Å². The van der Waals surface area contributed by atoms with Crippen molar-refractivity contribution in [2.24, 2.45) is 5.73 Å². The molecule has 0 aromatic carbocycles. The number of rotatable bonds is 3. The number of hydrogen-bond acceptors (Lipinski definition) is 6. The lowest BCUT2D eigenvalue weighted by molar-refractivity contribution is 0.1000. The van der Waals surface area contributed by atoms with Crippen molar-refractivity contribution in [1.29, 1.82) is 0 Å². The van der Waals surface area contributed by atoms with Crippen molar-refractivity contribution < 1.29 is 4.79 Å². The Labute approximate surface area is 125 Å². The van der Waals surface area contributed by atoms with Crippen molar-refractivity contribution in [3.8, 4) is 0 Å². The minimum atomic E-state index is -0.463. The first kappa shape index (κ1) is 12.7. The SMILES string of the molecule is NC(=O)c1cnn(C2CN(c3ncnc4ncccc34)C2)c1. The highest BCUT2D eigenvalue weighted by atomic mass is 16.1. The minimum absolute atomic E-state index is 0.204. The van der Waals surface area contributed by atoms with Crippen molar-refractivity contribution in [3.05, 3.63) is 42.6 Å². The Balaban J connectivity index is 1.56. The maximum absolute atomic E-state index is 11.1. The van der Waals surface area contributed by atoms with Crippen LogP contribution in [-0.4, -0.2) is 43.7 Å². The van der Waals surface area contributed by atoms with Gasteiger partial charge >= 0.3 is 0 Å². The van der Waals surface area contributed by atoms with Gasteiger partial charge in [0.2, 0.25) is 0 Å². The Bertz CT molecular complexity index is 848. The zero-order chi connectivity index (χ0) is 15.1. The molecule has 0 radical (unpaired) electrons. The molecule has 0 aliphatic carbocycles. The zero-order valence-corrected chi connectivity index (χ0v) is 11.6. The van der Waals surface area contributed by atoms with Gasteiger partial charge in [-0.25, -0.2) is 15.0 Å². The van der Waals surface area contributed by atoms with Crippen LogP contribution in [0, 0.1) is 0 Å². The minimum Gasteiger partial charge on any atom is -0.366 e. The summed E-state index contributed by atoms with van der Waals surface area (Å²) in [4.78, 5) is 26.0. The van der Waals surface area contributed by atoms with E-state index >= 15 is 0 Å². The fourth-order valence-electron chi connectivity index (χ4n) is 2.59. The predicted octanol–water partition coefficient (Wildman–Crippen LogP) is 0.381. The molecule has 2 N–H and O–H groups in total. The summed E-state index contributed by atoms with van der Waals surface area (Å²) in [5, 5.41) is 5.13. The summed E-state index contributed by atoms with van der Waals surface area (Å²) in [6, 6.07) is 4.04. The Hall–Kier alpha value is -3.03. The third-order valence-corrected chi connectivity index (χ3v) is 3.81. The molecule has 0 spiro atoms. The van der Waals surface area contributed by atoms with Crippen molar-refractivity contribution in [2.45, 2.75) is 6.04 Å². The van der Waals surface area contributed by atoms with Crippen LogP contribution in [0.5, 0.6) is 0 Å².